The highest BCUT2D eigenvalue weighted by molar-refractivity contribution is 6.09. The Bertz CT molecular complexity index is 855. The number of nitrogens with two attached hydrogens (primary N) is 1. The third kappa shape index (κ3) is 2.09. The summed E-state index contributed by atoms with van der Waals surface area (Å²) in [7, 11) is 1.85. The Morgan fingerprint density at radius 1 is 1.29 bits per heavy atom. The first-order chi connectivity index (χ1) is 10.2. The average molecular weight is 279 g/mol. The van der Waals surface area contributed by atoms with Crippen molar-refractivity contribution in [3.8, 4) is 0 Å². The van der Waals surface area contributed by atoms with Crippen molar-refractivity contribution in [2.45, 2.75) is 13.3 Å². The van der Waals surface area contributed by atoms with Crippen LogP contribution in [0.1, 0.15) is 22.8 Å². The summed E-state index contributed by atoms with van der Waals surface area (Å²) in [5, 5.41) is 5.19. The maximum absolute atomic E-state index is 11.8. The van der Waals surface area contributed by atoms with E-state index in [1.54, 1.807) is 6.07 Å². The Labute approximate surface area is 123 Å². The number of nitrogens with zero attached hydrogens (tertiary/aromatic N) is 1. The number of pyridine rings is 1. The number of aromatic nitrogens is 1. The minimum absolute atomic E-state index is 0.456. The summed E-state index contributed by atoms with van der Waals surface area (Å²) in [5.74, 6) is -0.457. The van der Waals surface area contributed by atoms with E-state index in [1.807, 2.05) is 31.3 Å². The highest BCUT2D eigenvalue weighted by Crippen LogP contribution is 2.31. The van der Waals surface area contributed by atoms with Gasteiger partial charge in [-0.1, -0.05) is 25.1 Å². The molecule has 1 aromatic heterocycles. The number of anilines is 1. The summed E-state index contributed by atoms with van der Waals surface area (Å²) >= 11 is 0. The molecule has 0 aliphatic carbocycles. The molecule has 4 heteroatoms. The predicted molar refractivity (Wildman–Crippen MR) is 86.7 cm³/mol. The first kappa shape index (κ1) is 13.4. The van der Waals surface area contributed by atoms with Crippen LogP contribution >= 0.6 is 0 Å². The van der Waals surface area contributed by atoms with Gasteiger partial charge in [0.2, 0.25) is 0 Å². The zero-order valence-corrected chi connectivity index (χ0v) is 12.1. The fraction of sp³-hybridized carbons (Fsp3) is 0.176. The van der Waals surface area contributed by atoms with E-state index in [-0.39, 0.29) is 0 Å². The lowest BCUT2D eigenvalue weighted by atomic mass is 9.98. The smallest absolute Gasteiger partial charge is 0.250 e. The van der Waals surface area contributed by atoms with Crippen molar-refractivity contribution in [2.24, 2.45) is 5.73 Å². The minimum Gasteiger partial charge on any atom is -0.388 e. The van der Waals surface area contributed by atoms with Gasteiger partial charge >= 0.3 is 0 Å². The minimum atomic E-state index is -0.457. The van der Waals surface area contributed by atoms with Gasteiger partial charge < -0.3 is 11.1 Å². The highest BCUT2D eigenvalue weighted by atomic mass is 16.1. The van der Waals surface area contributed by atoms with Crippen LogP contribution in [0.25, 0.3) is 21.8 Å². The molecule has 3 aromatic rings. The number of rotatable bonds is 3. The Hall–Kier alpha value is -2.62. The predicted octanol–water partition coefficient (Wildman–Crippen LogP) is 3.09. The number of hydrogen-bond donors (Lipinski definition) is 2. The maximum atomic E-state index is 11.8. The molecule has 0 atom stereocenters. The van der Waals surface area contributed by atoms with Crippen LogP contribution in [0.2, 0.25) is 0 Å². The number of benzene rings is 2. The summed E-state index contributed by atoms with van der Waals surface area (Å²) < 4.78 is 0. The lowest BCUT2D eigenvalue weighted by Crippen LogP contribution is -2.13. The third-order valence-corrected chi connectivity index (χ3v) is 3.81. The van der Waals surface area contributed by atoms with Crippen LogP contribution in [0.4, 0.5) is 5.69 Å². The van der Waals surface area contributed by atoms with Gasteiger partial charge in [0.1, 0.15) is 0 Å². The normalized spacial score (nSPS) is 11.0. The Kier molecular flexibility index (Phi) is 3.22. The molecule has 0 saturated carbocycles. The zero-order valence-electron chi connectivity index (χ0n) is 12.1. The second kappa shape index (κ2) is 5.05. The van der Waals surface area contributed by atoms with Crippen LogP contribution in [0.5, 0.6) is 0 Å². The molecule has 0 saturated heterocycles. The van der Waals surface area contributed by atoms with Crippen LogP contribution in [-0.2, 0) is 6.42 Å². The van der Waals surface area contributed by atoms with Gasteiger partial charge in [-0.25, -0.2) is 4.98 Å². The Morgan fingerprint density at radius 2 is 2.05 bits per heavy atom. The number of nitrogens with one attached hydrogen (secondary N) is 1. The van der Waals surface area contributed by atoms with Gasteiger partial charge in [0.15, 0.2) is 0 Å². The number of aryl methyl sites for hydroxylation is 1. The lowest BCUT2D eigenvalue weighted by Gasteiger charge is -2.14. The summed E-state index contributed by atoms with van der Waals surface area (Å²) in [6, 6.07) is 11.8. The number of carbonyl (C=O) groups excluding carboxylic acids is 1. The molecule has 0 radical (unpaired) electrons. The topological polar surface area (TPSA) is 68.0 Å². The molecule has 106 valence electrons. The molecule has 0 unspecified atom stereocenters. The second-order valence-corrected chi connectivity index (χ2v) is 5.00. The van der Waals surface area contributed by atoms with Crippen LogP contribution < -0.4 is 11.1 Å². The Balaban J connectivity index is 2.52. The van der Waals surface area contributed by atoms with Gasteiger partial charge in [0.25, 0.3) is 5.91 Å². The van der Waals surface area contributed by atoms with E-state index in [4.69, 9.17) is 5.73 Å². The first-order valence-corrected chi connectivity index (χ1v) is 6.98. The molecule has 1 amide bonds. The molecule has 0 spiro atoms. The van der Waals surface area contributed by atoms with Crippen LogP contribution in [0.3, 0.4) is 0 Å². The van der Waals surface area contributed by atoms with E-state index >= 15 is 0 Å². The van der Waals surface area contributed by atoms with E-state index < -0.39 is 5.91 Å². The molecule has 2 aromatic carbocycles. The van der Waals surface area contributed by atoms with Crippen molar-refractivity contribution in [1.82, 2.24) is 4.98 Å². The number of para-hydroxylation sites is 1. The number of carbonyl (C=O) groups is 1. The van der Waals surface area contributed by atoms with E-state index in [0.717, 1.165) is 34.0 Å². The first-order valence-electron chi connectivity index (χ1n) is 6.98. The summed E-state index contributed by atoms with van der Waals surface area (Å²) in [4.78, 5) is 16.4. The van der Waals surface area contributed by atoms with Gasteiger partial charge in [-0.2, -0.15) is 0 Å². The lowest BCUT2D eigenvalue weighted by molar-refractivity contribution is 0.100. The number of primary amides is 1. The molecule has 21 heavy (non-hydrogen) atoms. The molecular weight excluding hydrogens is 262 g/mol. The molecule has 3 N–H and O–H groups in total. The largest absolute Gasteiger partial charge is 0.388 e. The summed E-state index contributed by atoms with van der Waals surface area (Å²) in [6.45, 7) is 2.09. The van der Waals surface area contributed by atoms with Gasteiger partial charge in [-0.15, -0.1) is 0 Å². The van der Waals surface area contributed by atoms with E-state index in [1.165, 1.54) is 0 Å². The molecular formula is C17H17N3O. The highest BCUT2D eigenvalue weighted by Gasteiger charge is 2.15. The molecule has 0 fully saturated rings. The average Bonchev–Trinajstić information content (AvgIpc) is 2.51. The standard InChI is InChI=1S/C17H17N3O/c1-3-11-12-8-10-6-4-5-7-14(10)20-16(12)13(17(18)21)9-15(11)19-2/h4-9,19H,3H2,1-2H3,(H2,18,21). The van der Waals surface area contributed by atoms with Crippen molar-refractivity contribution in [3.05, 3.63) is 47.5 Å². The fourth-order valence-corrected chi connectivity index (χ4v) is 2.79. The summed E-state index contributed by atoms with van der Waals surface area (Å²) in [5.41, 5.74) is 9.61. The van der Waals surface area contributed by atoms with Crippen molar-refractivity contribution >= 4 is 33.4 Å². The van der Waals surface area contributed by atoms with Gasteiger partial charge in [0.05, 0.1) is 16.6 Å². The van der Waals surface area contributed by atoms with Gasteiger partial charge in [0, 0.05) is 23.5 Å². The molecule has 0 aliphatic heterocycles. The molecule has 1 heterocycles. The van der Waals surface area contributed by atoms with Crippen LogP contribution in [0, 0.1) is 0 Å². The molecule has 0 bridgehead atoms. The van der Waals surface area contributed by atoms with E-state index in [2.05, 4.69) is 23.3 Å². The summed E-state index contributed by atoms with van der Waals surface area (Å²) in [6.07, 6.45) is 0.853. The molecule has 0 aliphatic rings. The van der Waals surface area contributed by atoms with E-state index in [0.29, 0.717) is 11.1 Å². The van der Waals surface area contributed by atoms with Gasteiger partial charge in [-0.3, -0.25) is 4.79 Å². The zero-order chi connectivity index (χ0) is 15.0. The fourth-order valence-electron chi connectivity index (χ4n) is 2.79. The van der Waals surface area contributed by atoms with Gasteiger partial charge in [-0.05, 0) is 30.2 Å². The van der Waals surface area contributed by atoms with Crippen molar-refractivity contribution in [3.63, 3.8) is 0 Å². The number of fused-ring (bicyclic) bond motifs is 2. The van der Waals surface area contributed by atoms with E-state index in [9.17, 15) is 4.79 Å². The quantitative estimate of drug-likeness (QED) is 0.724. The Morgan fingerprint density at radius 3 is 2.71 bits per heavy atom. The SMILES string of the molecule is CCc1c(NC)cc(C(N)=O)c2nc3ccccc3cc12. The van der Waals surface area contributed by atoms with Crippen molar-refractivity contribution in [1.29, 1.82) is 0 Å². The monoisotopic (exact) mass is 279 g/mol. The number of hydrogen-bond acceptors (Lipinski definition) is 3. The van der Waals surface area contributed by atoms with Crippen LogP contribution in [-0.4, -0.2) is 17.9 Å². The number of amides is 1. The third-order valence-electron chi connectivity index (χ3n) is 3.81. The molecule has 3 rings (SSSR count). The van der Waals surface area contributed by atoms with Crippen LogP contribution in [0.15, 0.2) is 36.4 Å². The maximum Gasteiger partial charge on any atom is 0.250 e. The molecule has 4 nitrogen and oxygen atoms in total. The second-order valence-electron chi connectivity index (χ2n) is 5.00. The van der Waals surface area contributed by atoms with Crippen molar-refractivity contribution < 1.29 is 4.79 Å². The van der Waals surface area contributed by atoms with Crippen molar-refractivity contribution in [2.75, 3.05) is 12.4 Å².